The summed E-state index contributed by atoms with van der Waals surface area (Å²) in [6.07, 6.45) is 8.54. The molecule has 0 bridgehead atoms. The SMILES string of the molecule is CC.C\C=C/C(C)=C(\C=C/C)C(C)C. The van der Waals surface area contributed by atoms with Crippen molar-refractivity contribution in [3.8, 4) is 0 Å². The first-order valence-electron chi connectivity index (χ1n) is 5.59. The fourth-order valence-electron chi connectivity index (χ4n) is 1.31. The zero-order valence-corrected chi connectivity index (χ0v) is 10.9. The molecule has 0 saturated carbocycles. The molecule has 0 aromatic carbocycles. The van der Waals surface area contributed by atoms with Gasteiger partial charge in [-0.1, -0.05) is 52.0 Å². The average molecular weight is 194 g/mol. The maximum atomic E-state index is 2.22. The van der Waals surface area contributed by atoms with Crippen molar-refractivity contribution >= 4 is 0 Å². The van der Waals surface area contributed by atoms with E-state index in [1.165, 1.54) is 11.1 Å². The Morgan fingerprint density at radius 1 is 0.929 bits per heavy atom. The van der Waals surface area contributed by atoms with Gasteiger partial charge >= 0.3 is 0 Å². The molecular formula is C14H26. The highest BCUT2D eigenvalue weighted by atomic mass is 14.1. The third-order valence-electron chi connectivity index (χ3n) is 1.84. The Kier molecular flexibility index (Phi) is 11.5. The van der Waals surface area contributed by atoms with Gasteiger partial charge in [0, 0.05) is 0 Å². The Morgan fingerprint density at radius 2 is 1.36 bits per heavy atom. The zero-order valence-electron chi connectivity index (χ0n) is 10.9. The normalized spacial score (nSPS) is 13.1. The van der Waals surface area contributed by atoms with E-state index in [1.807, 2.05) is 13.8 Å². The molecule has 0 nitrogen and oxygen atoms in total. The van der Waals surface area contributed by atoms with Gasteiger partial charge in [0.05, 0.1) is 0 Å². The van der Waals surface area contributed by atoms with Gasteiger partial charge in [-0.25, -0.2) is 0 Å². The minimum absolute atomic E-state index is 0.609. The molecule has 0 atom stereocenters. The summed E-state index contributed by atoms with van der Waals surface area (Å²) in [7, 11) is 0. The number of hydrogen-bond donors (Lipinski definition) is 0. The van der Waals surface area contributed by atoms with Gasteiger partial charge in [0.1, 0.15) is 0 Å². The summed E-state index contributed by atoms with van der Waals surface area (Å²) in [5.41, 5.74) is 2.79. The molecule has 0 saturated heterocycles. The number of hydrogen-bond acceptors (Lipinski definition) is 0. The number of rotatable bonds is 3. The van der Waals surface area contributed by atoms with Crippen molar-refractivity contribution in [2.24, 2.45) is 5.92 Å². The van der Waals surface area contributed by atoms with E-state index < -0.39 is 0 Å². The van der Waals surface area contributed by atoms with E-state index >= 15 is 0 Å². The van der Waals surface area contributed by atoms with Crippen molar-refractivity contribution in [2.75, 3.05) is 0 Å². The van der Waals surface area contributed by atoms with Crippen molar-refractivity contribution in [3.63, 3.8) is 0 Å². The van der Waals surface area contributed by atoms with Gasteiger partial charge in [-0.05, 0) is 37.8 Å². The number of allylic oxidation sites excluding steroid dienone is 6. The third kappa shape index (κ3) is 6.71. The molecule has 0 heteroatoms. The van der Waals surface area contributed by atoms with Crippen LogP contribution < -0.4 is 0 Å². The second kappa shape index (κ2) is 10.3. The second-order valence-corrected chi connectivity index (χ2v) is 3.29. The maximum absolute atomic E-state index is 2.22. The fraction of sp³-hybridized carbons (Fsp3) is 0.571. The minimum atomic E-state index is 0.609. The molecule has 0 aliphatic heterocycles. The molecule has 0 heterocycles. The summed E-state index contributed by atoms with van der Waals surface area (Å²) in [6, 6.07) is 0. The Morgan fingerprint density at radius 3 is 1.64 bits per heavy atom. The summed E-state index contributed by atoms with van der Waals surface area (Å²) >= 11 is 0. The quantitative estimate of drug-likeness (QED) is 0.546. The molecule has 0 N–H and O–H groups in total. The van der Waals surface area contributed by atoms with Gasteiger partial charge in [0.2, 0.25) is 0 Å². The Hall–Kier alpha value is -0.780. The van der Waals surface area contributed by atoms with Crippen LogP contribution in [0.15, 0.2) is 35.5 Å². The topological polar surface area (TPSA) is 0 Å². The molecule has 0 aliphatic carbocycles. The van der Waals surface area contributed by atoms with Crippen molar-refractivity contribution in [3.05, 3.63) is 35.5 Å². The molecule has 0 fully saturated rings. The molecular weight excluding hydrogens is 168 g/mol. The molecule has 0 amide bonds. The van der Waals surface area contributed by atoms with Gasteiger partial charge in [0.25, 0.3) is 0 Å². The Balaban J connectivity index is 0. The van der Waals surface area contributed by atoms with Gasteiger partial charge in [0.15, 0.2) is 0 Å². The van der Waals surface area contributed by atoms with E-state index in [1.54, 1.807) is 0 Å². The van der Waals surface area contributed by atoms with Crippen LogP contribution >= 0.6 is 0 Å². The first-order valence-corrected chi connectivity index (χ1v) is 5.59. The van der Waals surface area contributed by atoms with Crippen LogP contribution in [0.25, 0.3) is 0 Å². The van der Waals surface area contributed by atoms with Crippen molar-refractivity contribution in [1.29, 1.82) is 0 Å². The third-order valence-corrected chi connectivity index (χ3v) is 1.84. The fourth-order valence-corrected chi connectivity index (χ4v) is 1.31. The standard InChI is InChI=1S/C12H20.C2H6/c1-6-8-11(5)12(9-7-2)10(3)4;1-2/h6-10H,1-5H3;1-2H3/b8-6-,9-7-,12-11+;. The van der Waals surface area contributed by atoms with Gasteiger partial charge in [-0.3, -0.25) is 0 Å². The van der Waals surface area contributed by atoms with E-state index in [9.17, 15) is 0 Å². The van der Waals surface area contributed by atoms with Crippen LogP contribution in [0.2, 0.25) is 0 Å². The van der Waals surface area contributed by atoms with Gasteiger partial charge in [-0.2, -0.15) is 0 Å². The smallest absolute Gasteiger partial charge is 0.0216 e. The van der Waals surface area contributed by atoms with Crippen molar-refractivity contribution < 1.29 is 0 Å². The predicted octanol–water partition coefficient (Wildman–Crippen LogP) is 5.14. The minimum Gasteiger partial charge on any atom is -0.0874 e. The average Bonchev–Trinajstić information content (AvgIpc) is 2.17. The molecule has 82 valence electrons. The lowest BCUT2D eigenvalue weighted by atomic mass is 9.97. The van der Waals surface area contributed by atoms with Crippen LogP contribution in [0, 0.1) is 5.92 Å². The highest BCUT2D eigenvalue weighted by molar-refractivity contribution is 5.32. The lowest BCUT2D eigenvalue weighted by Crippen LogP contribution is -1.93. The van der Waals surface area contributed by atoms with E-state index in [4.69, 9.17) is 0 Å². The first-order chi connectivity index (χ1) is 6.63. The van der Waals surface area contributed by atoms with Crippen molar-refractivity contribution in [1.82, 2.24) is 0 Å². The lowest BCUT2D eigenvalue weighted by Gasteiger charge is -2.08. The van der Waals surface area contributed by atoms with Crippen LogP contribution in [0.1, 0.15) is 48.5 Å². The highest BCUT2D eigenvalue weighted by Gasteiger charge is 2.00. The molecule has 0 aromatic heterocycles. The van der Waals surface area contributed by atoms with Crippen LogP contribution in [0.5, 0.6) is 0 Å². The monoisotopic (exact) mass is 194 g/mol. The highest BCUT2D eigenvalue weighted by Crippen LogP contribution is 2.17. The molecule has 0 spiro atoms. The second-order valence-electron chi connectivity index (χ2n) is 3.29. The largest absolute Gasteiger partial charge is 0.0874 e. The molecule has 0 aliphatic rings. The molecule has 0 aromatic rings. The van der Waals surface area contributed by atoms with E-state index in [-0.39, 0.29) is 0 Å². The summed E-state index contributed by atoms with van der Waals surface area (Å²) in [5, 5.41) is 0. The molecule has 0 unspecified atom stereocenters. The summed E-state index contributed by atoms with van der Waals surface area (Å²) in [5.74, 6) is 0.609. The Labute approximate surface area is 90.4 Å². The maximum Gasteiger partial charge on any atom is -0.0216 e. The predicted molar refractivity (Wildman–Crippen MR) is 68.5 cm³/mol. The lowest BCUT2D eigenvalue weighted by molar-refractivity contribution is 0.783. The van der Waals surface area contributed by atoms with E-state index in [0.29, 0.717) is 5.92 Å². The van der Waals surface area contributed by atoms with Crippen LogP contribution in [0.3, 0.4) is 0 Å². The van der Waals surface area contributed by atoms with Gasteiger partial charge < -0.3 is 0 Å². The van der Waals surface area contributed by atoms with Crippen LogP contribution in [-0.4, -0.2) is 0 Å². The summed E-state index contributed by atoms with van der Waals surface area (Å²) < 4.78 is 0. The molecule has 0 radical (unpaired) electrons. The van der Waals surface area contributed by atoms with Crippen LogP contribution in [0.4, 0.5) is 0 Å². The Bertz CT molecular complexity index is 202. The molecule has 0 rings (SSSR count). The summed E-state index contributed by atoms with van der Waals surface area (Å²) in [4.78, 5) is 0. The molecule has 14 heavy (non-hydrogen) atoms. The van der Waals surface area contributed by atoms with Crippen molar-refractivity contribution in [2.45, 2.75) is 48.5 Å². The summed E-state index contributed by atoms with van der Waals surface area (Å²) in [6.45, 7) is 14.7. The van der Waals surface area contributed by atoms with Gasteiger partial charge in [-0.15, -0.1) is 0 Å². The first kappa shape index (κ1) is 15.7. The van der Waals surface area contributed by atoms with Crippen LogP contribution in [-0.2, 0) is 0 Å². The van der Waals surface area contributed by atoms with E-state index in [2.05, 4.69) is 58.9 Å². The van der Waals surface area contributed by atoms with E-state index in [0.717, 1.165) is 0 Å². The zero-order chi connectivity index (χ0) is 11.6.